The van der Waals surface area contributed by atoms with E-state index in [9.17, 15) is 8.42 Å². The van der Waals surface area contributed by atoms with Gasteiger partial charge < -0.3 is 10.6 Å². The highest BCUT2D eigenvalue weighted by molar-refractivity contribution is 8.70. The van der Waals surface area contributed by atoms with Crippen LogP contribution in [0.1, 0.15) is 25.7 Å². The summed E-state index contributed by atoms with van der Waals surface area (Å²) in [4.78, 5) is 0. The van der Waals surface area contributed by atoms with Crippen molar-refractivity contribution in [2.24, 2.45) is 0 Å². The van der Waals surface area contributed by atoms with Crippen LogP contribution in [0.15, 0.2) is 25.3 Å². The number of hydrogen-bond acceptors (Lipinski definition) is 6. The lowest BCUT2D eigenvalue weighted by Gasteiger charge is -2.06. The molecule has 0 saturated carbocycles. The van der Waals surface area contributed by atoms with E-state index in [1.54, 1.807) is 0 Å². The Kier molecular flexibility index (Phi) is 14.4. The zero-order valence-corrected chi connectivity index (χ0v) is 14.3. The van der Waals surface area contributed by atoms with E-state index in [4.69, 9.17) is 4.18 Å². The lowest BCUT2D eigenvalue weighted by Crippen LogP contribution is -2.22. The third-order valence-electron chi connectivity index (χ3n) is 2.54. The Hall–Kier alpha value is -0.340. The summed E-state index contributed by atoms with van der Waals surface area (Å²) >= 11 is 0. The summed E-state index contributed by atoms with van der Waals surface area (Å²) in [6, 6.07) is 0. The van der Waals surface area contributed by atoms with Crippen molar-refractivity contribution in [3.05, 3.63) is 25.3 Å². The van der Waals surface area contributed by atoms with Gasteiger partial charge in [0, 0.05) is 18.8 Å². The van der Waals surface area contributed by atoms with E-state index < -0.39 is 9.15 Å². The topological polar surface area (TPSA) is 67.4 Å². The van der Waals surface area contributed by atoms with E-state index in [1.807, 2.05) is 12.2 Å². The van der Waals surface area contributed by atoms with E-state index >= 15 is 0 Å². The van der Waals surface area contributed by atoms with E-state index in [1.165, 1.54) is 0 Å². The van der Waals surface area contributed by atoms with Crippen molar-refractivity contribution in [1.29, 1.82) is 0 Å². The molecule has 0 aromatic heterocycles. The van der Waals surface area contributed by atoms with Gasteiger partial charge >= 0.3 is 9.15 Å². The first-order valence-electron chi connectivity index (χ1n) is 7.29. The first kappa shape index (κ1) is 20.7. The van der Waals surface area contributed by atoms with Gasteiger partial charge in [-0.15, -0.1) is 13.2 Å². The maximum Gasteiger partial charge on any atom is 0.322 e. The Morgan fingerprint density at radius 3 is 2.10 bits per heavy atom. The molecule has 0 bridgehead atoms. The quantitative estimate of drug-likeness (QED) is 0.256. The van der Waals surface area contributed by atoms with E-state index in [0.717, 1.165) is 49.6 Å². The Morgan fingerprint density at radius 1 is 0.952 bits per heavy atom. The fourth-order valence-corrected chi connectivity index (χ4v) is 3.52. The first-order valence-corrected chi connectivity index (χ1v) is 10.2. The number of hydrogen-bond donors (Lipinski definition) is 2. The standard InChI is InChI=1S/C14H28N2O3S2/c1-3-5-7-9-15-11-13-19-21(17,18)20-14-12-16-10-8-6-4-2/h3-4,15-16H,1-2,5-14H2. The van der Waals surface area contributed by atoms with Crippen molar-refractivity contribution in [3.63, 3.8) is 0 Å². The average Bonchev–Trinajstić information content (AvgIpc) is 2.45. The van der Waals surface area contributed by atoms with Gasteiger partial charge in [-0.1, -0.05) is 12.2 Å². The summed E-state index contributed by atoms with van der Waals surface area (Å²) in [5, 5.41) is 6.30. The van der Waals surface area contributed by atoms with Crippen LogP contribution in [0.3, 0.4) is 0 Å². The van der Waals surface area contributed by atoms with Crippen LogP contribution in [-0.2, 0) is 13.3 Å². The summed E-state index contributed by atoms with van der Waals surface area (Å²) in [6.07, 6.45) is 7.70. The van der Waals surface area contributed by atoms with Crippen molar-refractivity contribution in [2.45, 2.75) is 25.7 Å². The van der Waals surface area contributed by atoms with Crippen molar-refractivity contribution >= 4 is 19.9 Å². The summed E-state index contributed by atoms with van der Waals surface area (Å²) < 4.78 is 28.0. The second-order valence-electron chi connectivity index (χ2n) is 4.41. The Labute approximate surface area is 133 Å². The van der Waals surface area contributed by atoms with E-state index in [2.05, 4.69) is 23.8 Å². The minimum absolute atomic E-state index is 0.177. The summed E-state index contributed by atoms with van der Waals surface area (Å²) in [6.45, 7) is 10.4. The third kappa shape index (κ3) is 15.9. The monoisotopic (exact) mass is 336 g/mol. The molecule has 0 aliphatic heterocycles. The molecule has 0 aromatic rings. The number of unbranched alkanes of at least 4 members (excludes halogenated alkanes) is 2. The number of nitrogens with one attached hydrogen (secondary N) is 2. The minimum atomic E-state index is -3.47. The molecular formula is C14H28N2O3S2. The smallest absolute Gasteiger partial charge is 0.316 e. The van der Waals surface area contributed by atoms with Crippen molar-refractivity contribution in [1.82, 2.24) is 10.6 Å². The SMILES string of the molecule is C=CCCCNCCOS(=O)(=O)SCCNCCCC=C. The van der Waals surface area contributed by atoms with Crippen molar-refractivity contribution in [2.75, 3.05) is 38.5 Å². The molecule has 7 heteroatoms. The van der Waals surface area contributed by atoms with Crippen molar-refractivity contribution in [3.8, 4) is 0 Å². The molecule has 0 spiro atoms. The van der Waals surface area contributed by atoms with Crippen LogP contribution in [-0.4, -0.2) is 47.0 Å². The molecule has 0 fully saturated rings. The third-order valence-corrected chi connectivity index (χ3v) is 5.31. The molecular weight excluding hydrogens is 308 g/mol. The average molecular weight is 337 g/mol. The van der Waals surface area contributed by atoms with Gasteiger partial charge in [-0.2, -0.15) is 8.42 Å². The summed E-state index contributed by atoms with van der Waals surface area (Å²) in [5.41, 5.74) is 0. The molecule has 21 heavy (non-hydrogen) atoms. The second-order valence-corrected chi connectivity index (χ2v) is 8.04. The van der Waals surface area contributed by atoms with Crippen LogP contribution in [0.25, 0.3) is 0 Å². The Bertz CT molecular complexity index is 331. The van der Waals surface area contributed by atoms with Crippen LogP contribution < -0.4 is 10.6 Å². The maximum absolute atomic E-state index is 11.6. The molecule has 0 radical (unpaired) electrons. The molecule has 5 nitrogen and oxygen atoms in total. The minimum Gasteiger partial charge on any atom is -0.316 e. The molecule has 0 aromatic carbocycles. The molecule has 0 amide bonds. The lowest BCUT2D eigenvalue weighted by molar-refractivity contribution is 0.325. The van der Waals surface area contributed by atoms with Gasteiger partial charge in [0.2, 0.25) is 0 Å². The Morgan fingerprint density at radius 2 is 1.52 bits per heavy atom. The molecule has 124 valence electrons. The normalized spacial score (nSPS) is 11.4. The maximum atomic E-state index is 11.6. The van der Waals surface area contributed by atoms with Crippen LogP contribution in [0.4, 0.5) is 0 Å². The Balaban J connectivity index is 3.43. The molecule has 0 atom stereocenters. The molecule has 2 N–H and O–H groups in total. The van der Waals surface area contributed by atoms with Crippen LogP contribution in [0.5, 0.6) is 0 Å². The van der Waals surface area contributed by atoms with Gasteiger partial charge in [0.15, 0.2) is 0 Å². The molecule has 0 rings (SSSR count). The highest BCUT2D eigenvalue weighted by Gasteiger charge is 2.10. The highest BCUT2D eigenvalue weighted by atomic mass is 33.1. The summed E-state index contributed by atoms with van der Waals surface area (Å²) in [5.74, 6) is 0.489. The predicted molar refractivity (Wildman–Crippen MR) is 91.9 cm³/mol. The van der Waals surface area contributed by atoms with Crippen molar-refractivity contribution < 1.29 is 12.6 Å². The number of allylic oxidation sites excluding steroid dienone is 2. The van der Waals surface area contributed by atoms with Crippen LogP contribution in [0.2, 0.25) is 0 Å². The first-order chi connectivity index (χ1) is 10.1. The molecule has 0 heterocycles. The molecule has 0 aliphatic rings. The number of rotatable bonds is 16. The van der Waals surface area contributed by atoms with Gasteiger partial charge in [-0.05, 0) is 49.6 Å². The molecule has 0 unspecified atom stereocenters. The second kappa shape index (κ2) is 14.6. The van der Waals surface area contributed by atoms with Gasteiger partial charge in [0.1, 0.15) is 0 Å². The van der Waals surface area contributed by atoms with Crippen LogP contribution in [0, 0.1) is 0 Å². The lowest BCUT2D eigenvalue weighted by atomic mass is 10.3. The van der Waals surface area contributed by atoms with Crippen LogP contribution >= 0.6 is 10.8 Å². The highest BCUT2D eigenvalue weighted by Crippen LogP contribution is 2.12. The van der Waals surface area contributed by atoms with E-state index in [0.29, 0.717) is 18.8 Å². The van der Waals surface area contributed by atoms with E-state index in [-0.39, 0.29) is 6.61 Å². The fraction of sp³-hybridized carbons (Fsp3) is 0.714. The van der Waals surface area contributed by atoms with Gasteiger partial charge in [-0.3, -0.25) is 4.18 Å². The van der Waals surface area contributed by atoms with Gasteiger partial charge in [0.25, 0.3) is 0 Å². The zero-order chi connectivity index (χ0) is 15.8. The largest absolute Gasteiger partial charge is 0.322 e. The van der Waals surface area contributed by atoms with Gasteiger partial charge in [-0.25, -0.2) is 0 Å². The van der Waals surface area contributed by atoms with Gasteiger partial charge in [0.05, 0.1) is 6.61 Å². The summed E-state index contributed by atoms with van der Waals surface area (Å²) in [7, 11) is -2.63. The fourth-order valence-electron chi connectivity index (χ4n) is 1.46. The zero-order valence-electron chi connectivity index (χ0n) is 12.7. The molecule has 0 saturated heterocycles. The predicted octanol–water partition coefficient (Wildman–Crippen LogP) is 2.09. The molecule has 0 aliphatic carbocycles.